The van der Waals surface area contributed by atoms with Crippen LogP contribution in [0.5, 0.6) is 5.75 Å². The van der Waals surface area contributed by atoms with Crippen molar-refractivity contribution in [2.45, 2.75) is 0 Å². The van der Waals surface area contributed by atoms with Gasteiger partial charge in [0.2, 0.25) is 0 Å². The predicted molar refractivity (Wildman–Crippen MR) is 56.4 cm³/mol. The van der Waals surface area contributed by atoms with Crippen LogP contribution in [-0.2, 0) is 0 Å². The Kier molecular flexibility index (Phi) is 1.57. The van der Waals surface area contributed by atoms with E-state index in [-0.39, 0.29) is 11.3 Å². The third-order valence-corrected chi connectivity index (χ3v) is 2.63. The maximum absolute atomic E-state index is 11.5. The summed E-state index contributed by atoms with van der Waals surface area (Å²) in [5.41, 5.74) is 0.692. The van der Waals surface area contributed by atoms with Gasteiger partial charge >= 0.3 is 0 Å². The number of aromatic hydroxyl groups is 1. The standard InChI is InChI=1S/C12H6NO3/c14-7-4-6-2-1-3-8-10(6)9(5-7)12(16)13-11(8)15/h1-5,14H. The fourth-order valence-electron chi connectivity index (χ4n) is 1.97. The molecule has 1 aliphatic rings. The second kappa shape index (κ2) is 2.82. The van der Waals surface area contributed by atoms with Gasteiger partial charge < -0.3 is 5.11 Å². The summed E-state index contributed by atoms with van der Waals surface area (Å²) in [6.45, 7) is 0. The molecule has 0 aliphatic carbocycles. The van der Waals surface area contributed by atoms with Crippen LogP contribution in [0.25, 0.3) is 10.8 Å². The van der Waals surface area contributed by atoms with Gasteiger partial charge in [0.15, 0.2) is 0 Å². The van der Waals surface area contributed by atoms with Crippen LogP contribution in [0.4, 0.5) is 0 Å². The number of hydrogen-bond donors (Lipinski definition) is 1. The van der Waals surface area contributed by atoms with Crippen molar-refractivity contribution in [3.05, 3.63) is 41.5 Å². The molecule has 2 amide bonds. The van der Waals surface area contributed by atoms with Gasteiger partial charge in [0.1, 0.15) is 5.75 Å². The van der Waals surface area contributed by atoms with E-state index < -0.39 is 11.8 Å². The van der Waals surface area contributed by atoms with Gasteiger partial charge in [0.05, 0.1) is 11.1 Å². The van der Waals surface area contributed by atoms with E-state index in [0.717, 1.165) is 0 Å². The van der Waals surface area contributed by atoms with E-state index in [4.69, 9.17) is 0 Å². The number of rotatable bonds is 0. The van der Waals surface area contributed by atoms with Crippen molar-refractivity contribution >= 4 is 22.6 Å². The summed E-state index contributed by atoms with van der Waals surface area (Å²) < 4.78 is 0. The van der Waals surface area contributed by atoms with Crippen molar-refractivity contribution in [3.8, 4) is 5.75 Å². The molecule has 77 valence electrons. The maximum Gasteiger partial charge on any atom is 0.281 e. The average molecular weight is 212 g/mol. The first-order valence-electron chi connectivity index (χ1n) is 4.73. The lowest BCUT2D eigenvalue weighted by Crippen LogP contribution is -2.28. The van der Waals surface area contributed by atoms with Crippen molar-refractivity contribution < 1.29 is 14.7 Å². The average Bonchev–Trinajstić information content (AvgIpc) is 2.25. The molecule has 0 atom stereocenters. The van der Waals surface area contributed by atoms with Crippen LogP contribution in [0.15, 0.2) is 30.3 Å². The number of carbonyl (C=O) groups excluding carboxylic acids is 2. The van der Waals surface area contributed by atoms with Gasteiger partial charge in [-0.25, -0.2) is 0 Å². The Hall–Kier alpha value is -2.36. The van der Waals surface area contributed by atoms with Gasteiger partial charge in [-0.3, -0.25) is 9.59 Å². The zero-order valence-corrected chi connectivity index (χ0v) is 8.10. The monoisotopic (exact) mass is 212 g/mol. The molecule has 16 heavy (non-hydrogen) atoms. The molecule has 3 rings (SSSR count). The van der Waals surface area contributed by atoms with Crippen LogP contribution >= 0.6 is 0 Å². The highest BCUT2D eigenvalue weighted by atomic mass is 16.3. The largest absolute Gasteiger partial charge is 0.508 e. The molecule has 1 radical (unpaired) electrons. The Balaban J connectivity index is 2.55. The lowest BCUT2D eigenvalue weighted by molar-refractivity contribution is 0.0838. The van der Waals surface area contributed by atoms with Gasteiger partial charge in [-0.2, -0.15) is 5.32 Å². The fourth-order valence-corrected chi connectivity index (χ4v) is 1.97. The molecule has 4 nitrogen and oxygen atoms in total. The van der Waals surface area contributed by atoms with Crippen molar-refractivity contribution in [1.82, 2.24) is 5.32 Å². The lowest BCUT2D eigenvalue weighted by Gasteiger charge is -2.14. The quantitative estimate of drug-likeness (QED) is 0.672. The number of hydrogen-bond acceptors (Lipinski definition) is 3. The molecular formula is C12H6NO3. The predicted octanol–water partition coefficient (Wildman–Crippen LogP) is 1.44. The molecule has 1 aliphatic heterocycles. The van der Waals surface area contributed by atoms with Gasteiger partial charge in [-0.1, -0.05) is 12.1 Å². The minimum atomic E-state index is -0.593. The molecule has 2 aromatic rings. The number of phenols is 1. The van der Waals surface area contributed by atoms with E-state index in [1.807, 2.05) is 0 Å². The first-order chi connectivity index (χ1) is 7.66. The number of amides is 2. The van der Waals surface area contributed by atoms with Crippen LogP contribution in [0.3, 0.4) is 0 Å². The molecule has 0 saturated carbocycles. The summed E-state index contributed by atoms with van der Waals surface area (Å²) in [5, 5.41) is 14.1. The van der Waals surface area contributed by atoms with E-state index in [1.54, 1.807) is 18.2 Å². The summed E-state index contributed by atoms with van der Waals surface area (Å²) in [7, 11) is 0. The lowest BCUT2D eigenvalue weighted by atomic mass is 9.95. The van der Waals surface area contributed by atoms with Crippen molar-refractivity contribution in [2.24, 2.45) is 0 Å². The zero-order chi connectivity index (χ0) is 11.3. The van der Waals surface area contributed by atoms with E-state index in [1.165, 1.54) is 12.1 Å². The van der Waals surface area contributed by atoms with E-state index >= 15 is 0 Å². The number of benzene rings is 2. The highest BCUT2D eigenvalue weighted by molar-refractivity contribution is 6.25. The SMILES string of the molecule is O=C1[N]C(=O)c2cc(O)cc3cccc1c23. The first-order valence-corrected chi connectivity index (χ1v) is 4.73. The normalized spacial score (nSPS) is 14.0. The van der Waals surface area contributed by atoms with Gasteiger partial charge in [0.25, 0.3) is 11.8 Å². The Morgan fingerprint density at radius 3 is 2.56 bits per heavy atom. The maximum atomic E-state index is 11.5. The zero-order valence-electron chi connectivity index (χ0n) is 8.10. The fraction of sp³-hybridized carbons (Fsp3) is 0. The van der Waals surface area contributed by atoms with E-state index in [0.29, 0.717) is 16.3 Å². The molecule has 0 spiro atoms. The molecule has 2 aromatic carbocycles. The number of carbonyl (C=O) groups is 2. The van der Waals surface area contributed by atoms with Crippen LogP contribution in [0.1, 0.15) is 20.7 Å². The minimum Gasteiger partial charge on any atom is -0.508 e. The summed E-state index contributed by atoms with van der Waals surface area (Å²) in [4.78, 5) is 23.1. The van der Waals surface area contributed by atoms with Crippen molar-refractivity contribution in [3.63, 3.8) is 0 Å². The summed E-state index contributed by atoms with van der Waals surface area (Å²) in [6.07, 6.45) is 0. The second-order valence-corrected chi connectivity index (χ2v) is 3.62. The Bertz CT molecular complexity index is 646. The molecule has 0 bridgehead atoms. The van der Waals surface area contributed by atoms with Crippen molar-refractivity contribution in [1.29, 1.82) is 0 Å². The number of phenolic OH excluding ortho intramolecular Hbond substituents is 1. The van der Waals surface area contributed by atoms with Crippen LogP contribution in [0, 0.1) is 0 Å². The smallest absolute Gasteiger partial charge is 0.281 e. The van der Waals surface area contributed by atoms with Gasteiger partial charge in [-0.05, 0) is 23.6 Å². The van der Waals surface area contributed by atoms with Gasteiger partial charge in [0, 0.05) is 5.39 Å². The van der Waals surface area contributed by atoms with E-state index in [9.17, 15) is 14.7 Å². The van der Waals surface area contributed by atoms with Crippen molar-refractivity contribution in [2.75, 3.05) is 0 Å². The second-order valence-electron chi connectivity index (χ2n) is 3.62. The molecule has 0 saturated heterocycles. The third-order valence-electron chi connectivity index (χ3n) is 2.63. The minimum absolute atomic E-state index is 0.00227. The summed E-state index contributed by atoms with van der Waals surface area (Å²) in [5.74, 6) is -1.11. The molecular weight excluding hydrogens is 206 g/mol. The summed E-state index contributed by atoms with van der Waals surface area (Å²) in [6, 6.07) is 7.93. The Morgan fingerprint density at radius 2 is 1.75 bits per heavy atom. The first kappa shape index (κ1) is 8.91. The highest BCUT2D eigenvalue weighted by Gasteiger charge is 2.26. The Labute approximate surface area is 90.5 Å². The topological polar surface area (TPSA) is 68.5 Å². The molecule has 0 fully saturated rings. The molecule has 1 heterocycles. The molecule has 4 heteroatoms. The highest BCUT2D eigenvalue weighted by Crippen LogP contribution is 2.30. The summed E-state index contributed by atoms with van der Waals surface area (Å²) >= 11 is 0. The van der Waals surface area contributed by atoms with Crippen LogP contribution < -0.4 is 5.32 Å². The number of nitrogens with zero attached hydrogens (tertiary/aromatic N) is 1. The van der Waals surface area contributed by atoms with E-state index in [2.05, 4.69) is 5.32 Å². The Morgan fingerprint density at radius 1 is 1.00 bits per heavy atom. The van der Waals surface area contributed by atoms with Gasteiger partial charge in [-0.15, -0.1) is 0 Å². The van der Waals surface area contributed by atoms with Crippen LogP contribution in [0.2, 0.25) is 0 Å². The molecule has 0 unspecified atom stereocenters. The number of imide groups is 1. The molecule has 0 aromatic heterocycles. The van der Waals surface area contributed by atoms with Crippen LogP contribution in [-0.4, -0.2) is 16.9 Å². The third kappa shape index (κ3) is 1.04. The molecule has 1 N–H and O–H groups in total.